The second-order valence-electron chi connectivity index (χ2n) is 8.34. The van der Waals surface area contributed by atoms with Gasteiger partial charge >= 0.3 is 0 Å². The van der Waals surface area contributed by atoms with Crippen LogP contribution < -0.4 is 11.1 Å². The van der Waals surface area contributed by atoms with E-state index >= 15 is 0 Å². The molecule has 3 N–H and O–H groups in total. The molecule has 176 valence electrons. The summed E-state index contributed by atoms with van der Waals surface area (Å²) >= 11 is 2.87. The summed E-state index contributed by atoms with van der Waals surface area (Å²) in [6.07, 6.45) is 3.87. The number of ether oxygens (including phenoxy) is 1. The number of benzene rings is 1. The predicted octanol–water partition coefficient (Wildman–Crippen LogP) is 4.66. The molecule has 5 rings (SSSR count). The Morgan fingerprint density at radius 3 is 2.97 bits per heavy atom. The van der Waals surface area contributed by atoms with Crippen molar-refractivity contribution in [3.63, 3.8) is 0 Å². The highest BCUT2D eigenvalue weighted by Gasteiger charge is 2.25. The Balaban J connectivity index is 1.40. The van der Waals surface area contributed by atoms with Gasteiger partial charge in [0.15, 0.2) is 11.0 Å². The fraction of sp³-hybridized carbons (Fsp3) is 0.333. The number of anilines is 2. The number of nitrogens with two attached hydrogens (primary N) is 1. The van der Waals surface area contributed by atoms with Gasteiger partial charge in [-0.2, -0.15) is 0 Å². The molecule has 1 fully saturated rings. The van der Waals surface area contributed by atoms with E-state index < -0.39 is 0 Å². The van der Waals surface area contributed by atoms with Gasteiger partial charge in [-0.05, 0) is 56.0 Å². The van der Waals surface area contributed by atoms with Crippen molar-refractivity contribution < 1.29 is 9.53 Å². The highest BCUT2D eigenvalue weighted by Crippen LogP contribution is 2.40. The molecule has 1 aliphatic rings. The number of carbonyl (C=O) groups is 1. The number of thiophene rings is 1. The number of fused-ring (bicyclic) bond motifs is 1. The minimum atomic E-state index is -0.0857. The third kappa shape index (κ3) is 4.53. The van der Waals surface area contributed by atoms with E-state index in [1.807, 2.05) is 48.7 Å². The first-order chi connectivity index (χ1) is 16.5. The molecule has 0 spiro atoms. The molecule has 10 heteroatoms. The summed E-state index contributed by atoms with van der Waals surface area (Å²) in [5, 5.41) is 13.5. The van der Waals surface area contributed by atoms with Crippen LogP contribution in [0.2, 0.25) is 0 Å². The molecule has 4 heterocycles. The van der Waals surface area contributed by atoms with E-state index in [9.17, 15) is 4.79 Å². The van der Waals surface area contributed by atoms with Gasteiger partial charge < -0.3 is 15.8 Å². The van der Waals surface area contributed by atoms with Crippen LogP contribution in [-0.4, -0.2) is 44.1 Å². The van der Waals surface area contributed by atoms with Crippen molar-refractivity contribution in [1.82, 2.24) is 19.7 Å². The van der Waals surface area contributed by atoms with Crippen molar-refractivity contribution in [2.24, 2.45) is 0 Å². The predicted molar refractivity (Wildman–Crippen MR) is 137 cm³/mol. The van der Waals surface area contributed by atoms with E-state index in [1.165, 1.54) is 23.1 Å². The first-order valence-electron chi connectivity index (χ1n) is 11.2. The fourth-order valence-electron chi connectivity index (χ4n) is 4.04. The number of amides is 1. The van der Waals surface area contributed by atoms with E-state index in [1.54, 1.807) is 6.20 Å². The molecule has 8 nitrogen and oxygen atoms in total. The van der Waals surface area contributed by atoms with E-state index in [-0.39, 0.29) is 17.8 Å². The molecule has 0 saturated carbocycles. The highest BCUT2D eigenvalue weighted by atomic mass is 32.2. The third-order valence-corrected chi connectivity index (χ3v) is 8.14. The number of thioether (sulfide) groups is 1. The Hall–Kier alpha value is -2.95. The van der Waals surface area contributed by atoms with Gasteiger partial charge in [-0.3, -0.25) is 9.36 Å². The molecule has 1 aliphatic heterocycles. The Morgan fingerprint density at radius 1 is 1.29 bits per heavy atom. The summed E-state index contributed by atoms with van der Waals surface area (Å²) in [6.45, 7) is 5.42. The van der Waals surface area contributed by atoms with Crippen molar-refractivity contribution in [3.8, 4) is 10.7 Å². The molecular formula is C24H26N6O2S2. The summed E-state index contributed by atoms with van der Waals surface area (Å²) in [6, 6.07) is 9.74. The van der Waals surface area contributed by atoms with Gasteiger partial charge in [0.25, 0.3) is 0 Å². The smallest absolute Gasteiger partial charge is 0.234 e. The molecule has 0 bridgehead atoms. The quantitative estimate of drug-likeness (QED) is 0.360. The van der Waals surface area contributed by atoms with Crippen LogP contribution in [-0.2, 0) is 16.1 Å². The SMILES string of the molecule is Cc1cccc(NC(=O)CSc2nnc(-c3sc4ncccc4c3N)n2CC2CCCO2)c1C. The third-order valence-electron chi connectivity index (χ3n) is 6.05. The number of aromatic nitrogens is 4. The molecule has 0 aliphatic carbocycles. The van der Waals surface area contributed by atoms with Gasteiger partial charge in [0.05, 0.1) is 29.0 Å². The van der Waals surface area contributed by atoms with E-state index in [0.29, 0.717) is 23.2 Å². The number of nitrogens with one attached hydrogen (secondary N) is 1. The summed E-state index contributed by atoms with van der Waals surface area (Å²) in [5.74, 6) is 0.825. The lowest BCUT2D eigenvalue weighted by molar-refractivity contribution is -0.113. The first-order valence-corrected chi connectivity index (χ1v) is 13.0. The maximum atomic E-state index is 12.7. The molecule has 1 unspecified atom stereocenters. The minimum Gasteiger partial charge on any atom is -0.397 e. The topological polar surface area (TPSA) is 108 Å². The lowest BCUT2D eigenvalue weighted by Gasteiger charge is -2.14. The number of pyridine rings is 1. The minimum absolute atomic E-state index is 0.0857. The lowest BCUT2D eigenvalue weighted by Crippen LogP contribution is -2.18. The van der Waals surface area contributed by atoms with Gasteiger partial charge in [-0.15, -0.1) is 21.5 Å². The van der Waals surface area contributed by atoms with Crippen LogP contribution in [0.25, 0.3) is 20.9 Å². The molecule has 0 radical (unpaired) electrons. The van der Waals surface area contributed by atoms with E-state index in [2.05, 4.69) is 20.5 Å². The highest BCUT2D eigenvalue weighted by molar-refractivity contribution is 7.99. The maximum absolute atomic E-state index is 12.7. The zero-order valence-corrected chi connectivity index (χ0v) is 20.7. The van der Waals surface area contributed by atoms with Crippen LogP contribution in [0.15, 0.2) is 41.7 Å². The van der Waals surface area contributed by atoms with Crippen molar-refractivity contribution in [1.29, 1.82) is 0 Å². The second-order valence-corrected chi connectivity index (χ2v) is 10.3. The van der Waals surface area contributed by atoms with Crippen LogP contribution in [0.5, 0.6) is 0 Å². The molecule has 1 aromatic carbocycles. The number of aryl methyl sites for hydroxylation is 1. The van der Waals surface area contributed by atoms with Gasteiger partial charge in [0.2, 0.25) is 5.91 Å². The molecule has 3 aromatic heterocycles. The standard InChI is InChI=1S/C24H26N6O2S2/c1-14-6-3-9-18(15(14)2)27-19(31)13-33-24-29-28-22(30(24)12-16-7-5-11-32-16)21-20(25)17-8-4-10-26-23(17)34-21/h3-4,6,8-10,16H,5,7,11-13,25H2,1-2H3,(H,27,31). The number of nitrogen functional groups attached to an aromatic ring is 1. The molecule has 34 heavy (non-hydrogen) atoms. The van der Waals surface area contributed by atoms with Gasteiger partial charge in [0.1, 0.15) is 4.83 Å². The largest absolute Gasteiger partial charge is 0.397 e. The van der Waals surface area contributed by atoms with E-state index in [0.717, 1.165) is 51.4 Å². The number of hydrogen-bond acceptors (Lipinski definition) is 8. The van der Waals surface area contributed by atoms with Gasteiger partial charge in [-0.1, -0.05) is 23.9 Å². The van der Waals surface area contributed by atoms with Gasteiger partial charge in [-0.25, -0.2) is 4.98 Å². The lowest BCUT2D eigenvalue weighted by atomic mass is 10.1. The van der Waals surface area contributed by atoms with Gasteiger partial charge in [0, 0.05) is 23.9 Å². The first kappa shape index (κ1) is 22.8. The van der Waals surface area contributed by atoms with Crippen molar-refractivity contribution >= 4 is 50.6 Å². The Bertz CT molecular complexity index is 1340. The summed E-state index contributed by atoms with van der Waals surface area (Å²) < 4.78 is 7.92. The maximum Gasteiger partial charge on any atom is 0.234 e. The fourth-order valence-corrected chi connectivity index (χ4v) is 5.84. The van der Waals surface area contributed by atoms with Crippen LogP contribution >= 0.6 is 23.1 Å². The van der Waals surface area contributed by atoms with Crippen molar-refractivity contribution in [2.75, 3.05) is 23.4 Å². The molecule has 4 aromatic rings. The van der Waals surface area contributed by atoms with Crippen molar-refractivity contribution in [2.45, 2.75) is 44.5 Å². The Morgan fingerprint density at radius 2 is 2.18 bits per heavy atom. The summed E-state index contributed by atoms with van der Waals surface area (Å²) in [7, 11) is 0. The summed E-state index contributed by atoms with van der Waals surface area (Å²) in [4.78, 5) is 18.9. The number of nitrogens with zero attached hydrogens (tertiary/aromatic N) is 4. The molecule has 1 atom stereocenters. The van der Waals surface area contributed by atoms with Crippen molar-refractivity contribution in [3.05, 3.63) is 47.7 Å². The number of hydrogen-bond donors (Lipinski definition) is 2. The average Bonchev–Trinajstić information content (AvgIpc) is 3.56. The van der Waals surface area contributed by atoms with Crippen LogP contribution in [0.1, 0.15) is 24.0 Å². The number of carbonyl (C=O) groups excluding carboxylic acids is 1. The average molecular weight is 495 g/mol. The van der Waals surface area contributed by atoms with Crippen LogP contribution in [0, 0.1) is 13.8 Å². The zero-order valence-electron chi connectivity index (χ0n) is 19.1. The monoisotopic (exact) mass is 494 g/mol. The second kappa shape index (κ2) is 9.73. The Kier molecular flexibility index (Phi) is 6.53. The Labute approximate surface area is 205 Å². The van der Waals surface area contributed by atoms with Crippen LogP contribution in [0.3, 0.4) is 0 Å². The molecule has 1 saturated heterocycles. The normalized spacial score (nSPS) is 15.8. The molecular weight excluding hydrogens is 468 g/mol. The zero-order chi connectivity index (χ0) is 23.7. The van der Waals surface area contributed by atoms with E-state index in [4.69, 9.17) is 10.5 Å². The molecule has 1 amide bonds. The summed E-state index contributed by atoms with van der Waals surface area (Å²) in [5.41, 5.74) is 10.2. The number of rotatable bonds is 7. The van der Waals surface area contributed by atoms with Crippen LogP contribution in [0.4, 0.5) is 11.4 Å².